The molecule has 3 nitrogen and oxygen atoms in total. The summed E-state index contributed by atoms with van der Waals surface area (Å²) in [7, 11) is 0. The highest BCUT2D eigenvalue weighted by Gasteiger charge is 2.32. The Balaban J connectivity index is 2.50. The number of nitriles is 1. The molecule has 0 aliphatic rings. The van der Waals surface area contributed by atoms with Crippen LogP contribution in [0.2, 0.25) is 0 Å². The fraction of sp³-hybridized carbons (Fsp3) is 0.0909. The second kappa shape index (κ2) is 4.31. The summed E-state index contributed by atoms with van der Waals surface area (Å²) in [5, 5.41) is 18.2. The van der Waals surface area contributed by atoms with Crippen LogP contribution in [0, 0.1) is 11.3 Å². The maximum atomic E-state index is 12.4. The Morgan fingerprint density at radius 2 is 1.94 bits per heavy atom. The predicted octanol–water partition coefficient (Wildman–Crippen LogP) is 3.41. The van der Waals surface area contributed by atoms with Crippen molar-refractivity contribution in [3.63, 3.8) is 0 Å². The van der Waals surface area contributed by atoms with Gasteiger partial charge in [0.05, 0.1) is 4.88 Å². The Hall–Kier alpha value is -2.07. The van der Waals surface area contributed by atoms with E-state index in [9.17, 15) is 18.3 Å². The summed E-state index contributed by atoms with van der Waals surface area (Å²) in [5.74, 6) is -0.260. The fourth-order valence-corrected chi connectivity index (χ4v) is 2.18. The van der Waals surface area contributed by atoms with Gasteiger partial charge < -0.3 is 5.11 Å². The van der Waals surface area contributed by atoms with Crippen LogP contribution < -0.4 is 0 Å². The molecule has 0 bridgehead atoms. The van der Waals surface area contributed by atoms with Crippen molar-refractivity contribution in [3.05, 3.63) is 34.8 Å². The first-order chi connectivity index (χ1) is 8.41. The fourth-order valence-electron chi connectivity index (χ4n) is 1.31. The first-order valence-corrected chi connectivity index (χ1v) is 5.51. The summed E-state index contributed by atoms with van der Waals surface area (Å²) in [4.78, 5) is 3.18. The van der Waals surface area contributed by atoms with Crippen LogP contribution >= 0.6 is 11.3 Å². The number of alkyl halides is 3. The Kier molecular flexibility index (Phi) is 2.97. The first-order valence-electron chi connectivity index (χ1n) is 4.69. The van der Waals surface area contributed by atoms with Crippen molar-refractivity contribution in [2.45, 2.75) is 6.18 Å². The van der Waals surface area contributed by atoms with E-state index in [2.05, 4.69) is 4.98 Å². The van der Waals surface area contributed by atoms with Gasteiger partial charge in [-0.15, -0.1) is 11.3 Å². The van der Waals surface area contributed by atoms with Crippen LogP contribution in [0.4, 0.5) is 13.2 Å². The number of hydrogen-bond donors (Lipinski definition) is 1. The molecular weight excluding hydrogens is 265 g/mol. The lowest BCUT2D eigenvalue weighted by Crippen LogP contribution is -2.00. The van der Waals surface area contributed by atoms with Gasteiger partial charge in [0.25, 0.3) is 0 Å². The first kappa shape index (κ1) is 12.4. The zero-order chi connectivity index (χ0) is 13.3. The quantitative estimate of drug-likeness (QED) is 0.863. The molecule has 1 N–H and O–H groups in total. The van der Waals surface area contributed by atoms with E-state index in [1.165, 1.54) is 18.2 Å². The molecule has 2 aromatic heterocycles. The largest absolute Gasteiger partial charge is 0.506 e. The summed E-state index contributed by atoms with van der Waals surface area (Å²) in [6, 6.07) is 6.42. The maximum absolute atomic E-state index is 12.4. The molecule has 0 unspecified atom stereocenters. The molecule has 0 saturated carbocycles. The standard InChI is InChI=1S/C11H5F3N2OS/c12-11(13,14)9-4-3-8(18-9)10-7(17)2-1-6(5-15)16-10/h1-4,17H. The molecule has 92 valence electrons. The predicted molar refractivity (Wildman–Crippen MR) is 58.9 cm³/mol. The zero-order valence-corrected chi connectivity index (χ0v) is 9.51. The summed E-state index contributed by atoms with van der Waals surface area (Å²) in [6.07, 6.45) is -4.43. The van der Waals surface area contributed by atoms with Crippen molar-refractivity contribution in [2.75, 3.05) is 0 Å². The minimum atomic E-state index is -4.43. The van der Waals surface area contributed by atoms with Gasteiger partial charge in [0.2, 0.25) is 0 Å². The van der Waals surface area contributed by atoms with Crippen LogP contribution in [0.25, 0.3) is 10.6 Å². The molecule has 0 saturated heterocycles. The lowest BCUT2D eigenvalue weighted by molar-refractivity contribution is -0.134. The van der Waals surface area contributed by atoms with Crippen molar-refractivity contribution in [1.82, 2.24) is 4.98 Å². The van der Waals surface area contributed by atoms with Crippen LogP contribution in [-0.2, 0) is 6.18 Å². The van der Waals surface area contributed by atoms with Crippen LogP contribution in [0.1, 0.15) is 10.6 Å². The van der Waals surface area contributed by atoms with Gasteiger partial charge in [-0.2, -0.15) is 18.4 Å². The molecule has 7 heteroatoms. The molecule has 0 aromatic carbocycles. The molecule has 0 fully saturated rings. The molecule has 18 heavy (non-hydrogen) atoms. The molecule has 2 heterocycles. The summed E-state index contributed by atoms with van der Waals surface area (Å²) >= 11 is 0.469. The zero-order valence-electron chi connectivity index (χ0n) is 8.69. The van der Waals surface area contributed by atoms with E-state index in [-0.39, 0.29) is 22.0 Å². The molecule has 0 radical (unpaired) electrons. The number of aromatic nitrogens is 1. The number of rotatable bonds is 1. The molecule has 0 aliphatic heterocycles. The van der Waals surface area contributed by atoms with Crippen LogP contribution in [0.3, 0.4) is 0 Å². The third-order valence-electron chi connectivity index (χ3n) is 2.11. The molecule has 0 amide bonds. The summed E-state index contributed by atoms with van der Waals surface area (Å²) < 4.78 is 37.3. The van der Waals surface area contributed by atoms with Crippen LogP contribution in [-0.4, -0.2) is 10.1 Å². The number of aromatic hydroxyl groups is 1. The van der Waals surface area contributed by atoms with Crippen molar-refractivity contribution in [2.24, 2.45) is 0 Å². The van der Waals surface area contributed by atoms with Gasteiger partial charge in [-0.05, 0) is 24.3 Å². The van der Waals surface area contributed by atoms with Gasteiger partial charge >= 0.3 is 6.18 Å². The highest BCUT2D eigenvalue weighted by Crippen LogP contribution is 2.39. The molecule has 0 atom stereocenters. The van der Waals surface area contributed by atoms with Crippen LogP contribution in [0.15, 0.2) is 24.3 Å². The highest BCUT2D eigenvalue weighted by molar-refractivity contribution is 7.15. The summed E-state index contributed by atoms with van der Waals surface area (Å²) in [5.41, 5.74) is 0.0132. The van der Waals surface area contributed by atoms with Gasteiger partial charge in [0, 0.05) is 0 Å². The summed E-state index contributed by atoms with van der Waals surface area (Å²) in [6.45, 7) is 0. The molecule has 2 aromatic rings. The van der Waals surface area contributed by atoms with Crippen molar-refractivity contribution in [3.8, 4) is 22.4 Å². The van der Waals surface area contributed by atoms with Gasteiger partial charge in [0.1, 0.15) is 28.1 Å². The van der Waals surface area contributed by atoms with Gasteiger partial charge in [-0.3, -0.25) is 0 Å². The van der Waals surface area contributed by atoms with Crippen LogP contribution in [0.5, 0.6) is 5.75 Å². The van der Waals surface area contributed by atoms with Gasteiger partial charge in [-0.25, -0.2) is 4.98 Å². The number of pyridine rings is 1. The second-order valence-corrected chi connectivity index (χ2v) is 4.42. The van der Waals surface area contributed by atoms with Crippen molar-refractivity contribution in [1.29, 1.82) is 5.26 Å². The van der Waals surface area contributed by atoms with Crippen molar-refractivity contribution >= 4 is 11.3 Å². The van der Waals surface area contributed by atoms with Crippen molar-refractivity contribution < 1.29 is 18.3 Å². The van der Waals surface area contributed by atoms with E-state index in [1.54, 1.807) is 6.07 Å². The average molecular weight is 270 g/mol. The van der Waals surface area contributed by atoms with E-state index in [4.69, 9.17) is 5.26 Å². The smallest absolute Gasteiger partial charge is 0.425 e. The normalized spacial score (nSPS) is 11.2. The van der Waals surface area contributed by atoms with Gasteiger partial charge in [0.15, 0.2) is 0 Å². The number of nitrogens with zero attached hydrogens (tertiary/aromatic N) is 2. The second-order valence-electron chi connectivity index (χ2n) is 3.34. The third-order valence-corrected chi connectivity index (χ3v) is 3.24. The minimum Gasteiger partial charge on any atom is -0.506 e. The highest BCUT2D eigenvalue weighted by atomic mass is 32.1. The number of halogens is 3. The topological polar surface area (TPSA) is 56.9 Å². The van der Waals surface area contributed by atoms with E-state index in [0.717, 1.165) is 6.07 Å². The monoisotopic (exact) mass is 270 g/mol. The lowest BCUT2D eigenvalue weighted by atomic mass is 10.2. The Morgan fingerprint density at radius 3 is 2.50 bits per heavy atom. The Morgan fingerprint density at radius 1 is 1.22 bits per heavy atom. The Bertz CT molecular complexity index is 628. The number of hydrogen-bond acceptors (Lipinski definition) is 4. The molecular formula is C11H5F3N2OS. The molecule has 0 spiro atoms. The van der Waals surface area contributed by atoms with E-state index in [0.29, 0.717) is 11.3 Å². The lowest BCUT2D eigenvalue weighted by Gasteiger charge is -2.02. The van der Waals surface area contributed by atoms with E-state index < -0.39 is 11.1 Å². The molecule has 2 rings (SSSR count). The average Bonchev–Trinajstić information content (AvgIpc) is 2.78. The van der Waals surface area contributed by atoms with E-state index >= 15 is 0 Å². The SMILES string of the molecule is N#Cc1ccc(O)c(-c2ccc(C(F)(F)F)s2)n1. The number of thiophene rings is 1. The van der Waals surface area contributed by atoms with Gasteiger partial charge in [-0.1, -0.05) is 0 Å². The minimum absolute atomic E-state index is 0.0189. The molecule has 0 aliphatic carbocycles. The van der Waals surface area contributed by atoms with E-state index in [1.807, 2.05) is 0 Å². The third kappa shape index (κ3) is 2.28. The Labute approximate surface area is 104 Å². The maximum Gasteiger partial charge on any atom is 0.425 e.